The van der Waals surface area contributed by atoms with Gasteiger partial charge in [0, 0.05) is 0 Å². The van der Waals surface area contributed by atoms with Crippen molar-refractivity contribution in [1.29, 1.82) is 0 Å². The van der Waals surface area contributed by atoms with E-state index in [4.69, 9.17) is 0 Å². The molecular formula is C11H12N4O4S. The summed E-state index contributed by atoms with van der Waals surface area (Å²) in [6, 6.07) is 6.15. The van der Waals surface area contributed by atoms with Crippen molar-refractivity contribution in [3.8, 4) is 0 Å². The summed E-state index contributed by atoms with van der Waals surface area (Å²) in [4.78, 5) is 22.8. The van der Waals surface area contributed by atoms with Crippen molar-refractivity contribution in [2.24, 2.45) is 0 Å². The molecule has 1 aromatic carbocycles. The van der Waals surface area contributed by atoms with Gasteiger partial charge in [-0.2, -0.15) is 9.77 Å². The Bertz CT molecular complexity index is 773. The van der Waals surface area contributed by atoms with E-state index in [9.17, 15) is 18.0 Å². The van der Waals surface area contributed by atoms with Gasteiger partial charge in [-0.15, -0.1) is 0 Å². The first-order chi connectivity index (χ1) is 9.38. The van der Waals surface area contributed by atoms with Gasteiger partial charge >= 0.3 is 5.69 Å². The van der Waals surface area contributed by atoms with Gasteiger partial charge in [0.05, 0.1) is 4.90 Å². The number of H-pyrrole nitrogens is 1. The Morgan fingerprint density at radius 3 is 2.55 bits per heavy atom. The first kappa shape index (κ1) is 14.0. The van der Waals surface area contributed by atoms with E-state index in [1.807, 2.05) is 6.92 Å². The third-order valence-corrected chi connectivity index (χ3v) is 4.13. The molecule has 0 unspecified atom stereocenters. The summed E-state index contributed by atoms with van der Waals surface area (Å²) in [6.07, 6.45) is 1.04. The second kappa shape index (κ2) is 5.29. The number of nitrogens with one attached hydrogen (secondary N) is 2. The summed E-state index contributed by atoms with van der Waals surface area (Å²) >= 11 is 0. The SMILES string of the molecule is Cc1ccc(S(=O)(=O)CC(=O)Nn2cn[nH]c2=O)cc1. The Morgan fingerprint density at radius 2 is 2.00 bits per heavy atom. The van der Waals surface area contributed by atoms with Gasteiger partial charge in [0.15, 0.2) is 9.84 Å². The molecule has 106 valence electrons. The average molecular weight is 296 g/mol. The van der Waals surface area contributed by atoms with E-state index in [1.54, 1.807) is 12.1 Å². The summed E-state index contributed by atoms with van der Waals surface area (Å²) in [7, 11) is -3.75. The van der Waals surface area contributed by atoms with Crippen LogP contribution in [-0.2, 0) is 14.6 Å². The first-order valence-corrected chi connectivity index (χ1v) is 7.25. The molecule has 8 nitrogen and oxygen atoms in total. The monoisotopic (exact) mass is 296 g/mol. The Labute approximate surface area is 114 Å². The van der Waals surface area contributed by atoms with Crippen molar-refractivity contribution < 1.29 is 13.2 Å². The lowest BCUT2D eigenvalue weighted by molar-refractivity contribution is -0.114. The Hall–Kier alpha value is -2.42. The number of hydrogen-bond acceptors (Lipinski definition) is 5. The number of sulfone groups is 1. The smallest absolute Gasteiger partial charge is 0.272 e. The van der Waals surface area contributed by atoms with E-state index >= 15 is 0 Å². The molecule has 0 atom stereocenters. The third-order valence-electron chi connectivity index (χ3n) is 2.50. The maximum absolute atomic E-state index is 12.0. The van der Waals surface area contributed by atoms with Gasteiger partial charge in [-0.05, 0) is 19.1 Å². The number of aryl methyl sites for hydroxylation is 1. The van der Waals surface area contributed by atoms with Crippen LogP contribution in [0.25, 0.3) is 0 Å². The van der Waals surface area contributed by atoms with E-state index in [0.717, 1.165) is 16.6 Å². The van der Waals surface area contributed by atoms with Gasteiger partial charge in [0.2, 0.25) is 0 Å². The molecule has 0 fully saturated rings. The van der Waals surface area contributed by atoms with Gasteiger partial charge in [-0.1, -0.05) is 17.7 Å². The second-order valence-electron chi connectivity index (χ2n) is 4.14. The van der Waals surface area contributed by atoms with Crippen LogP contribution in [0.2, 0.25) is 0 Å². The number of carbonyl (C=O) groups is 1. The standard InChI is InChI=1S/C11H12N4O4S/c1-8-2-4-9(5-3-8)20(18,19)6-10(16)14-15-7-12-13-11(15)17/h2-5,7H,6H2,1H3,(H,13,17)(H,14,16). The van der Waals surface area contributed by atoms with Crippen LogP contribution in [0.4, 0.5) is 0 Å². The van der Waals surface area contributed by atoms with E-state index in [2.05, 4.69) is 15.6 Å². The van der Waals surface area contributed by atoms with Crippen molar-refractivity contribution in [1.82, 2.24) is 14.9 Å². The highest BCUT2D eigenvalue weighted by Gasteiger charge is 2.19. The van der Waals surface area contributed by atoms with E-state index in [-0.39, 0.29) is 4.90 Å². The number of carbonyl (C=O) groups excluding carboxylic acids is 1. The maximum atomic E-state index is 12.0. The minimum atomic E-state index is -3.75. The van der Waals surface area contributed by atoms with Crippen LogP contribution < -0.4 is 11.1 Å². The Morgan fingerprint density at radius 1 is 1.35 bits per heavy atom. The molecule has 2 aromatic rings. The quantitative estimate of drug-likeness (QED) is 0.783. The molecule has 0 spiro atoms. The zero-order chi connectivity index (χ0) is 14.8. The van der Waals surface area contributed by atoms with E-state index in [0.29, 0.717) is 0 Å². The summed E-state index contributed by atoms with van der Waals surface area (Å²) in [5, 5.41) is 5.47. The number of nitrogens with zero attached hydrogens (tertiary/aromatic N) is 2. The van der Waals surface area contributed by atoms with Crippen molar-refractivity contribution in [2.75, 3.05) is 11.2 Å². The molecule has 2 N–H and O–H groups in total. The number of hydrogen-bond donors (Lipinski definition) is 2. The number of aromatic amines is 1. The number of benzene rings is 1. The first-order valence-electron chi connectivity index (χ1n) is 5.60. The van der Waals surface area contributed by atoms with Crippen molar-refractivity contribution >= 4 is 15.7 Å². The molecule has 1 aromatic heterocycles. The van der Waals surface area contributed by atoms with Crippen molar-refractivity contribution in [2.45, 2.75) is 11.8 Å². The normalized spacial score (nSPS) is 11.2. The zero-order valence-electron chi connectivity index (χ0n) is 10.5. The highest BCUT2D eigenvalue weighted by atomic mass is 32.2. The average Bonchev–Trinajstić information content (AvgIpc) is 2.74. The predicted molar refractivity (Wildman–Crippen MR) is 70.4 cm³/mol. The summed E-state index contributed by atoms with van der Waals surface area (Å²) < 4.78 is 24.8. The summed E-state index contributed by atoms with van der Waals surface area (Å²) in [5.74, 6) is -1.58. The molecule has 2 rings (SSSR count). The fraction of sp³-hybridized carbons (Fsp3) is 0.182. The highest BCUT2D eigenvalue weighted by Crippen LogP contribution is 2.11. The number of rotatable bonds is 4. The molecule has 20 heavy (non-hydrogen) atoms. The summed E-state index contributed by atoms with van der Waals surface area (Å²) in [5.41, 5.74) is 2.37. The summed E-state index contributed by atoms with van der Waals surface area (Å²) in [6.45, 7) is 1.83. The van der Waals surface area contributed by atoms with Crippen molar-refractivity contribution in [3.05, 3.63) is 46.6 Å². The van der Waals surface area contributed by atoms with Crippen LogP contribution in [0.5, 0.6) is 0 Å². The van der Waals surface area contributed by atoms with Gasteiger partial charge in [-0.3, -0.25) is 10.2 Å². The fourth-order valence-corrected chi connectivity index (χ4v) is 2.62. The molecule has 0 aliphatic heterocycles. The molecule has 0 aliphatic carbocycles. The molecule has 0 saturated heterocycles. The van der Waals surface area contributed by atoms with E-state index < -0.39 is 27.2 Å². The molecule has 1 amide bonds. The van der Waals surface area contributed by atoms with Crippen LogP contribution in [0.15, 0.2) is 40.3 Å². The number of amides is 1. The lowest BCUT2D eigenvalue weighted by Gasteiger charge is -2.06. The molecule has 0 aliphatic rings. The second-order valence-corrected chi connectivity index (χ2v) is 6.13. The lowest BCUT2D eigenvalue weighted by Crippen LogP contribution is -2.34. The van der Waals surface area contributed by atoms with Gasteiger partial charge < -0.3 is 0 Å². The molecule has 1 heterocycles. The fourth-order valence-electron chi connectivity index (χ4n) is 1.50. The van der Waals surface area contributed by atoms with E-state index in [1.165, 1.54) is 12.1 Å². The molecule has 0 radical (unpaired) electrons. The molecule has 0 bridgehead atoms. The Kier molecular flexibility index (Phi) is 3.70. The van der Waals surface area contributed by atoms with Crippen LogP contribution in [0, 0.1) is 6.92 Å². The largest absolute Gasteiger partial charge is 0.362 e. The van der Waals surface area contributed by atoms with Crippen molar-refractivity contribution in [3.63, 3.8) is 0 Å². The van der Waals surface area contributed by atoms with Crippen LogP contribution in [-0.4, -0.2) is 35.0 Å². The third kappa shape index (κ3) is 3.12. The van der Waals surface area contributed by atoms with Crippen LogP contribution in [0.1, 0.15) is 5.56 Å². The maximum Gasteiger partial charge on any atom is 0.362 e. The minimum absolute atomic E-state index is 0.0535. The topological polar surface area (TPSA) is 114 Å². The van der Waals surface area contributed by atoms with Gasteiger partial charge in [-0.25, -0.2) is 18.3 Å². The minimum Gasteiger partial charge on any atom is -0.272 e. The highest BCUT2D eigenvalue weighted by molar-refractivity contribution is 7.92. The zero-order valence-corrected chi connectivity index (χ0v) is 11.3. The number of aromatic nitrogens is 3. The van der Waals surface area contributed by atoms with Gasteiger partial charge in [0.1, 0.15) is 12.1 Å². The molecule has 0 saturated carbocycles. The Balaban J connectivity index is 2.12. The molecule has 9 heteroatoms. The lowest BCUT2D eigenvalue weighted by atomic mass is 10.2. The predicted octanol–water partition coefficient (Wildman–Crippen LogP) is -0.576. The molecular weight excluding hydrogens is 284 g/mol. The van der Waals surface area contributed by atoms with Crippen LogP contribution in [0.3, 0.4) is 0 Å². The van der Waals surface area contributed by atoms with Gasteiger partial charge in [0.25, 0.3) is 5.91 Å². The van der Waals surface area contributed by atoms with Crippen LogP contribution >= 0.6 is 0 Å².